The Balaban J connectivity index is 1.23. The predicted molar refractivity (Wildman–Crippen MR) is 146 cm³/mol. The van der Waals surface area contributed by atoms with E-state index in [1.807, 2.05) is 37.4 Å². The number of pyridine rings is 2. The normalized spacial score (nSPS) is 20.4. The Morgan fingerprint density at radius 2 is 2.13 bits per heavy atom. The third-order valence-corrected chi connectivity index (χ3v) is 7.40. The quantitative estimate of drug-likeness (QED) is 0.340. The minimum absolute atomic E-state index is 0.0517. The number of anilines is 2. The highest BCUT2D eigenvalue weighted by Gasteiger charge is 2.42. The van der Waals surface area contributed by atoms with Crippen molar-refractivity contribution in [1.29, 1.82) is 5.26 Å². The van der Waals surface area contributed by atoms with Gasteiger partial charge in [-0.1, -0.05) is 6.07 Å². The van der Waals surface area contributed by atoms with Gasteiger partial charge in [0.2, 0.25) is 0 Å². The summed E-state index contributed by atoms with van der Waals surface area (Å²) in [4.78, 5) is 24.6. The van der Waals surface area contributed by atoms with Crippen molar-refractivity contribution >= 4 is 17.5 Å². The molecule has 39 heavy (non-hydrogen) atoms. The van der Waals surface area contributed by atoms with Crippen molar-refractivity contribution in [3.63, 3.8) is 0 Å². The summed E-state index contributed by atoms with van der Waals surface area (Å²) >= 11 is 0. The molecule has 2 unspecified atom stereocenters. The number of piperidine rings is 1. The van der Waals surface area contributed by atoms with Gasteiger partial charge >= 0.3 is 0 Å². The maximum absolute atomic E-state index is 13.3. The number of amides is 1. The van der Waals surface area contributed by atoms with Crippen LogP contribution in [0.15, 0.2) is 42.9 Å². The van der Waals surface area contributed by atoms with Crippen molar-refractivity contribution in [2.45, 2.75) is 57.5 Å². The number of methoxy groups -OCH3 is 1. The van der Waals surface area contributed by atoms with E-state index in [9.17, 15) is 10.1 Å². The van der Waals surface area contributed by atoms with Crippen molar-refractivity contribution in [1.82, 2.24) is 35.9 Å². The third kappa shape index (κ3) is 5.70. The van der Waals surface area contributed by atoms with Gasteiger partial charge in [0.1, 0.15) is 23.3 Å². The van der Waals surface area contributed by atoms with Crippen LogP contribution >= 0.6 is 0 Å². The maximum Gasteiger partial charge on any atom is 0.252 e. The zero-order valence-corrected chi connectivity index (χ0v) is 22.4. The van der Waals surface area contributed by atoms with Crippen molar-refractivity contribution in [2.24, 2.45) is 0 Å². The second-order valence-corrected chi connectivity index (χ2v) is 10.1. The van der Waals surface area contributed by atoms with Gasteiger partial charge in [0.05, 0.1) is 11.7 Å². The van der Waals surface area contributed by atoms with E-state index in [0.29, 0.717) is 61.5 Å². The van der Waals surface area contributed by atoms with E-state index in [0.717, 1.165) is 17.5 Å². The van der Waals surface area contributed by atoms with Gasteiger partial charge in [0.15, 0.2) is 5.82 Å². The monoisotopic (exact) mass is 530 g/mol. The lowest BCUT2D eigenvalue weighted by Gasteiger charge is -2.40. The fraction of sp³-hybridized carbons (Fsp3) is 0.444. The molecule has 0 radical (unpaired) electrons. The van der Waals surface area contributed by atoms with E-state index in [4.69, 9.17) is 9.72 Å². The molecule has 2 atom stereocenters. The Morgan fingerprint density at radius 1 is 1.31 bits per heavy atom. The summed E-state index contributed by atoms with van der Waals surface area (Å²) in [6, 6.07) is 10.2. The van der Waals surface area contributed by atoms with Crippen LogP contribution in [0, 0.1) is 18.3 Å². The Bertz CT molecular complexity index is 1330. The van der Waals surface area contributed by atoms with Crippen LogP contribution in [0.4, 0.5) is 11.6 Å². The first-order valence-corrected chi connectivity index (χ1v) is 13.1. The van der Waals surface area contributed by atoms with Gasteiger partial charge in [-0.05, 0) is 49.6 Å². The zero-order valence-electron chi connectivity index (χ0n) is 22.4. The second kappa shape index (κ2) is 11.4. The number of aromatic nitrogens is 4. The van der Waals surface area contributed by atoms with Crippen molar-refractivity contribution < 1.29 is 9.53 Å². The number of ether oxygens (including phenoxy) is 1. The smallest absolute Gasteiger partial charge is 0.252 e. The SMILES string of the molecule is COC1(C(=O)NCc2ccc(-n3cccn3)nc2)CCN(c2nc(NC3CC(C)NN3)cc(C)c2C#N)CC1. The molecule has 0 aliphatic carbocycles. The number of nitrogens with zero attached hydrogens (tertiary/aromatic N) is 6. The van der Waals surface area contributed by atoms with Gasteiger partial charge in [-0.3, -0.25) is 10.2 Å². The van der Waals surface area contributed by atoms with E-state index in [-0.39, 0.29) is 12.1 Å². The van der Waals surface area contributed by atoms with Crippen LogP contribution in [0.5, 0.6) is 0 Å². The van der Waals surface area contributed by atoms with Crippen LogP contribution in [0.2, 0.25) is 0 Å². The Labute approximate surface area is 227 Å². The summed E-state index contributed by atoms with van der Waals surface area (Å²) in [6.07, 6.45) is 7.17. The molecule has 4 N–H and O–H groups in total. The number of aryl methyl sites for hydroxylation is 1. The van der Waals surface area contributed by atoms with E-state index < -0.39 is 5.60 Å². The molecule has 2 aliphatic rings. The minimum atomic E-state index is -0.952. The van der Waals surface area contributed by atoms with Crippen LogP contribution in [0.1, 0.15) is 42.9 Å². The molecule has 12 heteroatoms. The van der Waals surface area contributed by atoms with E-state index in [1.54, 1.807) is 24.2 Å². The summed E-state index contributed by atoms with van der Waals surface area (Å²) in [7, 11) is 1.58. The first-order chi connectivity index (χ1) is 18.9. The summed E-state index contributed by atoms with van der Waals surface area (Å²) < 4.78 is 7.48. The van der Waals surface area contributed by atoms with Gasteiger partial charge in [-0.25, -0.2) is 20.1 Å². The minimum Gasteiger partial charge on any atom is -0.368 e. The van der Waals surface area contributed by atoms with Crippen LogP contribution < -0.4 is 26.4 Å². The molecule has 0 bridgehead atoms. The average Bonchev–Trinajstić information content (AvgIpc) is 3.64. The molecule has 12 nitrogen and oxygen atoms in total. The van der Waals surface area contributed by atoms with Crippen molar-refractivity contribution in [2.75, 3.05) is 30.4 Å². The molecule has 0 aromatic carbocycles. The zero-order chi connectivity index (χ0) is 27.4. The molecule has 1 amide bonds. The fourth-order valence-corrected chi connectivity index (χ4v) is 5.09. The van der Waals surface area contributed by atoms with Crippen LogP contribution in [-0.2, 0) is 16.1 Å². The Morgan fingerprint density at radius 3 is 2.74 bits per heavy atom. The molecule has 3 aromatic rings. The number of hydrogen-bond donors (Lipinski definition) is 4. The van der Waals surface area contributed by atoms with E-state index >= 15 is 0 Å². The van der Waals surface area contributed by atoms with Crippen LogP contribution in [-0.4, -0.2) is 63.7 Å². The molecular weight excluding hydrogens is 496 g/mol. The number of nitriles is 1. The van der Waals surface area contributed by atoms with Crippen LogP contribution in [0.25, 0.3) is 5.82 Å². The maximum atomic E-state index is 13.3. The molecule has 204 valence electrons. The van der Waals surface area contributed by atoms with E-state index in [2.05, 4.69) is 49.5 Å². The lowest BCUT2D eigenvalue weighted by atomic mass is 9.89. The largest absolute Gasteiger partial charge is 0.368 e. The molecule has 5 heterocycles. The number of rotatable bonds is 8. The first-order valence-electron chi connectivity index (χ1n) is 13.1. The standard InChI is InChI=1S/C27H34N10O2/c1-18-13-22(32-23-14-19(2)34-35-23)33-25(21(18)15-28)36-11-7-27(39-3,8-12-36)26(38)30-17-20-5-6-24(29-16-20)37-10-4-9-31-37/h4-6,9-10,13,16,19,23,34-35H,7-8,11-12,14,17H2,1-3H3,(H,30,38)(H,32,33). The number of hydrazine groups is 1. The number of nitrogens with one attached hydrogen (secondary N) is 4. The number of carbonyl (C=O) groups excluding carboxylic acids is 1. The van der Waals surface area contributed by atoms with E-state index in [1.165, 1.54) is 0 Å². The lowest BCUT2D eigenvalue weighted by molar-refractivity contribution is -0.146. The summed E-state index contributed by atoms with van der Waals surface area (Å²) in [5.41, 5.74) is 7.75. The number of carbonyl (C=O) groups is 1. The summed E-state index contributed by atoms with van der Waals surface area (Å²) in [5, 5.41) is 20.5. The highest BCUT2D eigenvalue weighted by molar-refractivity contribution is 5.85. The Hall–Kier alpha value is -4.05. The highest BCUT2D eigenvalue weighted by Crippen LogP contribution is 2.32. The summed E-state index contributed by atoms with van der Waals surface area (Å²) in [6.45, 7) is 5.44. The van der Waals surface area contributed by atoms with Gasteiger partial charge in [0.25, 0.3) is 5.91 Å². The van der Waals surface area contributed by atoms with Gasteiger partial charge in [-0.15, -0.1) is 0 Å². The van der Waals surface area contributed by atoms with Gasteiger partial charge in [-0.2, -0.15) is 10.4 Å². The molecule has 0 saturated carbocycles. The summed E-state index contributed by atoms with van der Waals surface area (Å²) in [5.74, 6) is 1.90. The second-order valence-electron chi connectivity index (χ2n) is 10.1. The molecule has 0 spiro atoms. The molecule has 2 aliphatic heterocycles. The van der Waals surface area contributed by atoms with Crippen LogP contribution in [0.3, 0.4) is 0 Å². The molecule has 2 fully saturated rings. The lowest BCUT2D eigenvalue weighted by Crippen LogP contribution is -2.55. The molecule has 3 aromatic heterocycles. The third-order valence-electron chi connectivity index (χ3n) is 7.40. The number of hydrogen-bond acceptors (Lipinski definition) is 10. The first kappa shape index (κ1) is 26.6. The topological polar surface area (TPSA) is 145 Å². The average molecular weight is 531 g/mol. The van der Waals surface area contributed by atoms with Crippen molar-refractivity contribution in [3.05, 3.63) is 59.5 Å². The molecule has 2 saturated heterocycles. The molecule has 5 rings (SSSR count). The molecular formula is C27H34N10O2. The Kier molecular flexibility index (Phi) is 7.74. The highest BCUT2D eigenvalue weighted by atomic mass is 16.5. The van der Waals surface area contributed by atoms with Crippen molar-refractivity contribution in [3.8, 4) is 11.9 Å². The van der Waals surface area contributed by atoms with Gasteiger partial charge < -0.3 is 20.3 Å². The fourth-order valence-electron chi connectivity index (χ4n) is 5.09. The van der Waals surface area contributed by atoms with Gasteiger partial charge in [0, 0.05) is 64.2 Å². The predicted octanol–water partition coefficient (Wildman–Crippen LogP) is 1.77.